The van der Waals surface area contributed by atoms with Gasteiger partial charge >= 0.3 is 0 Å². The lowest BCUT2D eigenvalue weighted by molar-refractivity contribution is 0.606. The maximum absolute atomic E-state index is 4.00. The van der Waals surface area contributed by atoms with Gasteiger partial charge in [0.15, 0.2) is 0 Å². The Morgan fingerprint density at radius 1 is 1.12 bits per heavy atom. The summed E-state index contributed by atoms with van der Waals surface area (Å²) in [6.45, 7) is 5.91. The lowest BCUT2D eigenvalue weighted by Crippen LogP contribution is -2.18. The van der Waals surface area contributed by atoms with Crippen LogP contribution in [0.3, 0.4) is 0 Å². The number of nitrogens with one attached hydrogen (secondary N) is 1. The minimum absolute atomic E-state index is 1.06. The smallest absolute Gasteiger partial charge is 0.0270 e. The first-order valence-corrected chi connectivity index (χ1v) is 6.14. The summed E-state index contributed by atoms with van der Waals surface area (Å²) in [6.07, 6.45) is 11.8. The SMILES string of the molecule is C=CCCCCCNCCc1ccncc1. The van der Waals surface area contributed by atoms with Crippen molar-refractivity contribution in [3.63, 3.8) is 0 Å². The fourth-order valence-electron chi connectivity index (χ4n) is 1.62. The molecule has 2 nitrogen and oxygen atoms in total. The van der Waals surface area contributed by atoms with Crippen LogP contribution < -0.4 is 5.32 Å². The standard InChI is InChI=1S/C14H22N2/c1-2-3-4-5-6-10-15-11-7-14-8-12-16-13-9-14/h2,8-9,12-13,15H,1,3-7,10-11H2. The Balaban J connectivity index is 1.90. The summed E-state index contributed by atoms with van der Waals surface area (Å²) >= 11 is 0. The van der Waals surface area contributed by atoms with Gasteiger partial charge in [0, 0.05) is 12.4 Å². The third kappa shape index (κ3) is 6.36. The summed E-state index contributed by atoms with van der Waals surface area (Å²) in [6, 6.07) is 4.15. The van der Waals surface area contributed by atoms with Crippen molar-refractivity contribution in [2.24, 2.45) is 0 Å². The highest BCUT2D eigenvalue weighted by Crippen LogP contribution is 1.99. The molecule has 0 fully saturated rings. The Hall–Kier alpha value is -1.15. The van der Waals surface area contributed by atoms with Crippen LogP contribution in [0.25, 0.3) is 0 Å². The van der Waals surface area contributed by atoms with E-state index in [0.29, 0.717) is 0 Å². The van der Waals surface area contributed by atoms with Crippen molar-refractivity contribution >= 4 is 0 Å². The molecule has 0 aromatic carbocycles. The number of aromatic nitrogens is 1. The molecule has 0 aliphatic carbocycles. The first-order valence-electron chi connectivity index (χ1n) is 6.14. The summed E-state index contributed by atoms with van der Waals surface area (Å²) < 4.78 is 0. The van der Waals surface area contributed by atoms with Crippen LogP contribution in [-0.4, -0.2) is 18.1 Å². The molecule has 88 valence electrons. The molecule has 1 N–H and O–H groups in total. The quantitative estimate of drug-likeness (QED) is 0.509. The maximum Gasteiger partial charge on any atom is 0.0270 e. The summed E-state index contributed by atoms with van der Waals surface area (Å²) in [7, 11) is 0. The summed E-state index contributed by atoms with van der Waals surface area (Å²) in [5.41, 5.74) is 1.36. The molecule has 1 aromatic rings. The zero-order valence-corrected chi connectivity index (χ0v) is 9.99. The second-order valence-electron chi connectivity index (χ2n) is 3.99. The monoisotopic (exact) mass is 218 g/mol. The van der Waals surface area contributed by atoms with Crippen molar-refractivity contribution in [1.29, 1.82) is 0 Å². The molecule has 0 aliphatic rings. The Kier molecular flexibility index (Phi) is 7.35. The van der Waals surface area contributed by atoms with Crippen molar-refractivity contribution < 1.29 is 0 Å². The summed E-state index contributed by atoms with van der Waals surface area (Å²) in [4.78, 5) is 4.00. The average molecular weight is 218 g/mol. The van der Waals surface area contributed by atoms with Crippen LogP contribution in [-0.2, 0) is 6.42 Å². The van der Waals surface area contributed by atoms with Gasteiger partial charge in [0.05, 0.1) is 0 Å². The second-order valence-corrected chi connectivity index (χ2v) is 3.99. The summed E-state index contributed by atoms with van der Waals surface area (Å²) in [5.74, 6) is 0. The number of rotatable bonds is 9. The van der Waals surface area contributed by atoms with Crippen molar-refractivity contribution in [3.8, 4) is 0 Å². The molecule has 1 rings (SSSR count). The van der Waals surface area contributed by atoms with E-state index in [0.717, 1.165) is 25.9 Å². The van der Waals surface area contributed by atoms with Gasteiger partial charge in [0.2, 0.25) is 0 Å². The molecule has 0 unspecified atom stereocenters. The summed E-state index contributed by atoms with van der Waals surface area (Å²) in [5, 5.41) is 3.46. The molecule has 2 heteroatoms. The molecule has 0 amide bonds. The molecular weight excluding hydrogens is 196 g/mol. The van der Waals surface area contributed by atoms with Gasteiger partial charge in [0.1, 0.15) is 0 Å². The normalized spacial score (nSPS) is 10.2. The number of unbranched alkanes of at least 4 members (excludes halogenated alkanes) is 3. The molecular formula is C14H22N2. The van der Waals surface area contributed by atoms with Crippen LogP contribution in [0, 0.1) is 0 Å². The highest BCUT2D eigenvalue weighted by Gasteiger charge is 1.92. The van der Waals surface area contributed by atoms with E-state index in [-0.39, 0.29) is 0 Å². The minimum Gasteiger partial charge on any atom is -0.316 e. The van der Waals surface area contributed by atoms with Crippen LogP contribution in [0.1, 0.15) is 31.2 Å². The van der Waals surface area contributed by atoms with Gasteiger partial charge < -0.3 is 5.32 Å². The number of pyridine rings is 1. The fraction of sp³-hybridized carbons (Fsp3) is 0.500. The average Bonchev–Trinajstić information content (AvgIpc) is 2.34. The number of nitrogens with zero attached hydrogens (tertiary/aromatic N) is 1. The molecule has 1 aromatic heterocycles. The molecule has 0 saturated carbocycles. The predicted molar refractivity (Wildman–Crippen MR) is 69.5 cm³/mol. The van der Waals surface area contributed by atoms with Crippen molar-refractivity contribution in [1.82, 2.24) is 10.3 Å². The Bertz CT molecular complexity index is 269. The van der Waals surface area contributed by atoms with Gasteiger partial charge in [-0.25, -0.2) is 0 Å². The first kappa shape index (κ1) is 12.9. The van der Waals surface area contributed by atoms with Gasteiger partial charge in [-0.15, -0.1) is 6.58 Å². The topological polar surface area (TPSA) is 24.9 Å². The Labute approximate surface area is 98.8 Å². The zero-order valence-electron chi connectivity index (χ0n) is 9.99. The molecule has 16 heavy (non-hydrogen) atoms. The van der Waals surface area contributed by atoms with Gasteiger partial charge in [-0.05, 0) is 56.5 Å². The first-order chi connectivity index (χ1) is 7.93. The number of allylic oxidation sites excluding steroid dienone is 1. The van der Waals surface area contributed by atoms with E-state index in [4.69, 9.17) is 0 Å². The Morgan fingerprint density at radius 3 is 2.69 bits per heavy atom. The fourth-order valence-corrected chi connectivity index (χ4v) is 1.62. The van der Waals surface area contributed by atoms with Crippen LogP contribution in [0.15, 0.2) is 37.2 Å². The predicted octanol–water partition coefficient (Wildman–Crippen LogP) is 2.96. The van der Waals surface area contributed by atoms with E-state index in [1.54, 1.807) is 0 Å². The maximum atomic E-state index is 4.00. The van der Waals surface area contributed by atoms with E-state index in [9.17, 15) is 0 Å². The van der Waals surface area contributed by atoms with E-state index in [2.05, 4.69) is 29.0 Å². The van der Waals surface area contributed by atoms with Gasteiger partial charge in [-0.3, -0.25) is 4.98 Å². The van der Waals surface area contributed by atoms with Gasteiger partial charge in [-0.2, -0.15) is 0 Å². The lowest BCUT2D eigenvalue weighted by atomic mass is 10.2. The van der Waals surface area contributed by atoms with Gasteiger partial charge in [-0.1, -0.05) is 12.5 Å². The third-order valence-electron chi connectivity index (χ3n) is 2.60. The van der Waals surface area contributed by atoms with Crippen LogP contribution >= 0.6 is 0 Å². The van der Waals surface area contributed by atoms with Crippen molar-refractivity contribution in [2.75, 3.05) is 13.1 Å². The van der Waals surface area contributed by atoms with E-state index < -0.39 is 0 Å². The molecule has 0 radical (unpaired) electrons. The van der Waals surface area contributed by atoms with Crippen LogP contribution in [0.4, 0.5) is 0 Å². The highest BCUT2D eigenvalue weighted by atomic mass is 14.8. The van der Waals surface area contributed by atoms with E-state index in [1.165, 1.54) is 24.8 Å². The number of hydrogen-bond donors (Lipinski definition) is 1. The van der Waals surface area contributed by atoms with Crippen LogP contribution in [0.5, 0.6) is 0 Å². The molecule has 0 bridgehead atoms. The largest absolute Gasteiger partial charge is 0.316 e. The van der Waals surface area contributed by atoms with Crippen LogP contribution in [0.2, 0.25) is 0 Å². The second kappa shape index (κ2) is 9.10. The van der Waals surface area contributed by atoms with Crippen molar-refractivity contribution in [2.45, 2.75) is 32.1 Å². The molecule has 1 heterocycles. The Morgan fingerprint density at radius 2 is 1.94 bits per heavy atom. The van der Waals surface area contributed by atoms with E-state index >= 15 is 0 Å². The zero-order chi connectivity index (χ0) is 11.5. The highest BCUT2D eigenvalue weighted by molar-refractivity contribution is 5.09. The lowest BCUT2D eigenvalue weighted by Gasteiger charge is -2.04. The third-order valence-corrected chi connectivity index (χ3v) is 2.60. The number of hydrogen-bond acceptors (Lipinski definition) is 2. The molecule has 0 atom stereocenters. The van der Waals surface area contributed by atoms with Gasteiger partial charge in [0.25, 0.3) is 0 Å². The molecule has 0 spiro atoms. The molecule has 0 saturated heterocycles. The minimum atomic E-state index is 1.06. The molecule has 0 aliphatic heterocycles. The van der Waals surface area contributed by atoms with E-state index in [1.807, 2.05) is 18.5 Å². The van der Waals surface area contributed by atoms with Crippen molar-refractivity contribution in [3.05, 3.63) is 42.7 Å².